The van der Waals surface area contributed by atoms with Crippen LogP contribution in [0.2, 0.25) is 0 Å². The molecule has 3 unspecified atom stereocenters. The van der Waals surface area contributed by atoms with E-state index in [2.05, 4.69) is 298 Å². The Kier molecular flexibility index (Phi) is 11.6. The van der Waals surface area contributed by atoms with E-state index >= 15 is 0 Å². The minimum Gasteiger partial charge on any atom is -0.378 e. The van der Waals surface area contributed by atoms with E-state index in [1.54, 1.807) is 0 Å². The summed E-state index contributed by atoms with van der Waals surface area (Å²) in [6, 6.07) is 84.1. The Hall–Kier alpha value is -8.46. The van der Waals surface area contributed by atoms with Gasteiger partial charge in [-0.1, -0.05) is 239 Å². The topological polar surface area (TPSA) is 15.3 Å². The normalized spacial score (nSPS) is 18.4. The summed E-state index contributed by atoms with van der Waals surface area (Å²) in [7, 11) is 0. The number of rotatable bonds is 11. The minimum atomic E-state index is -0.234. The number of benzene rings is 9. The van der Waals surface area contributed by atoms with Gasteiger partial charge in [-0.05, 0) is 133 Å². The number of hydrogen-bond donors (Lipinski definition) is 1. The van der Waals surface area contributed by atoms with Gasteiger partial charge >= 0.3 is 0 Å². The molecule has 0 aromatic heterocycles. The number of fused-ring (bicyclic) bond motifs is 3. The number of hydrogen-bond acceptors (Lipinski definition) is 2. The van der Waals surface area contributed by atoms with Crippen LogP contribution >= 0.6 is 0 Å². The van der Waals surface area contributed by atoms with E-state index in [4.69, 9.17) is 0 Å². The zero-order valence-corrected chi connectivity index (χ0v) is 41.2. The van der Waals surface area contributed by atoms with Crippen LogP contribution in [0.15, 0.2) is 278 Å². The van der Waals surface area contributed by atoms with Gasteiger partial charge in [-0.3, -0.25) is 0 Å². The molecule has 9 aromatic carbocycles. The molecule has 9 aromatic rings. The molecule has 72 heavy (non-hydrogen) atoms. The predicted octanol–water partition coefficient (Wildman–Crippen LogP) is 18.4. The third kappa shape index (κ3) is 8.54. The highest BCUT2D eigenvalue weighted by molar-refractivity contribution is 5.86. The zero-order chi connectivity index (χ0) is 48.7. The molecule has 2 heteroatoms. The van der Waals surface area contributed by atoms with Crippen LogP contribution in [0.1, 0.15) is 55.4 Å². The lowest BCUT2D eigenvalue weighted by Crippen LogP contribution is -2.27. The van der Waals surface area contributed by atoms with Gasteiger partial charge in [-0.2, -0.15) is 0 Å². The Morgan fingerprint density at radius 2 is 0.931 bits per heavy atom. The fourth-order valence-corrected chi connectivity index (χ4v) is 11.3. The summed E-state index contributed by atoms with van der Waals surface area (Å²) >= 11 is 0. The largest absolute Gasteiger partial charge is 0.378 e. The van der Waals surface area contributed by atoms with Crippen LogP contribution in [-0.4, -0.2) is 6.04 Å². The summed E-state index contributed by atoms with van der Waals surface area (Å²) in [6.45, 7) is 7.16. The van der Waals surface area contributed by atoms with Crippen molar-refractivity contribution in [3.05, 3.63) is 300 Å². The maximum Gasteiger partial charge on any atom is 0.0551 e. The van der Waals surface area contributed by atoms with Gasteiger partial charge in [-0.15, -0.1) is 0 Å². The second kappa shape index (κ2) is 18.7. The SMILES string of the molecule is CC1(c2ccccc2)C=CC(C2=CC(c3ccc4c(c3)C(C)(C)c3cc(N(c5ccccc5)c5ccc(-c6ccccc6)cc5)ccc3-4)C(Nc3ccc(-c4ccc(-c5ccccc5)cc4)cc3)C=C2)=CC1. The van der Waals surface area contributed by atoms with E-state index in [-0.39, 0.29) is 22.8 Å². The first-order chi connectivity index (χ1) is 35.3. The highest BCUT2D eigenvalue weighted by Gasteiger charge is 2.37. The van der Waals surface area contributed by atoms with Crippen molar-refractivity contribution in [2.24, 2.45) is 0 Å². The lowest BCUT2D eigenvalue weighted by Gasteiger charge is -2.32. The van der Waals surface area contributed by atoms with Crippen molar-refractivity contribution in [3.8, 4) is 44.5 Å². The Morgan fingerprint density at radius 1 is 0.444 bits per heavy atom. The zero-order valence-electron chi connectivity index (χ0n) is 41.2. The van der Waals surface area contributed by atoms with Gasteiger partial charge < -0.3 is 10.2 Å². The molecule has 0 bridgehead atoms. The lowest BCUT2D eigenvalue weighted by molar-refractivity contribution is 0.597. The molecule has 2 nitrogen and oxygen atoms in total. The van der Waals surface area contributed by atoms with Crippen LogP contribution < -0.4 is 10.2 Å². The fourth-order valence-electron chi connectivity index (χ4n) is 11.3. The molecule has 0 amide bonds. The summed E-state index contributed by atoms with van der Waals surface area (Å²) in [5, 5.41) is 3.99. The van der Waals surface area contributed by atoms with Crippen molar-refractivity contribution in [2.45, 2.75) is 50.0 Å². The maximum atomic E-state index is 3.99. The Labute approximate surface area is 425 Å². The maximum absolute atomic E-state index is 3.99. The molecule has 0 aliphatic heterocycles. The van der Waals surface area contributed by atoms with E-state index in [1.165, 1.54) is 77.9 Å². The molecule has 3 aliphatic carbocycles. The summed E-state index contributed by atoms with van der Waals surface area (Å²) in [6.07, 6.45) is 15.4. The van der Waals surface area contributed by atoms with Crippen molar-refractivity contribution in [3.63, 3.8) is 0 Å². The van der Waals surface area contributed by atoms with Gasteiger partial charge in [0.2, 0.25) is 0 Å². The van der Waals surface area contributed by atoms with E-state index in [9.17, 15) is 0 Å². The highest BCUT2D eigenvalue weighted by Crippen LogP contribution is 2.52. The summed E-state index contributed by atoms with van der Waals surface area (Å²) < 4.78 is 0. The van der Waals surface area contributed by atoms with Crippen LogP contribution in [0.5, 0.6) is 0 Å². The number of nitrogens with zero attached hydrogens (tertiary/aromatic N) is 1. The number of allylic oxidation sites excluding steroid dienone is 6. The Morgan fingerprint density at radius 3 is 1.51 bits per heavy atom. The molecule has 3 atom stereocenters. The first-order valence-corrected chi connectivity index (χ1v) is 25.5. The third-order valence-electron chi connectivity index (χ3n) is 15.5. The number of para-hydroxylation sites is 1. The second-order valence-electron chi connectivity index (χ2n) is 20.4. The highest BCUT2D eigenvalue weighted by atomic mass is 15.1. The average molecular weight is 927 g/mol. The molecule has 348 valence electrons. The molecule has 0 heterocycles. The Balaban J connectivity index is 0.863. The van der Waals surface area contributed by atoms with Crippen LogP contribution in [0.3, 0.4) is 0 Å². The van der Waals surface area contributed by atoms with Crippen LogP contribution in [0.25, 0.3) is 44.5 Å². The quantitative estimate of drug-likeness (QED) is 0.139. The summed E-state index contributed by atoms with van der Waals surface area (Å²) in [5.74, 6) is 0.0831. The van der Waals surface area contributed by atoms with Gasteiger partial charge in [0.05, 0.1) is 6.04 Å². The van der Waals surface area contributed by atoms with Crippen molar-refractivity contribution >= 4 is 22.7 Å². The standard InChI is InChI=1S/C70H58N2/c1-69(2)66-47-57(32-39-63(66)64-40-38-62(48-67(64)69)72(60-22-14-7-15-23-60)61-36-30-54(31-37-61)50-18-10-5-11-19-50)65-46-56(55-42-44-70(3,45-43-55)58-20-12-6-13-21-58)33-41-68(65)71-59-34-28-53(29-35-59)52-26-24-51(25-27-52)49-16-8-4-9-17-49/h4-44,46-48,65,68,71H,45H2,1-3H3. The van der Waals surface area contributed by atoms with Crippen molar-refractivity contribution in [1.82, 2.24) is 0 Å². The minimum absolute atomic E-state index is 0.0329. The molecule has 1 N–H and O–H groups in total. The number of nitrogens with one attached hydrogen (secondary N) is 1. The molecule has 0 fully saturated rings. The van der Waals surface area contributed by atoms with Crippen molar-refractivity contribution < 1.29 is 0 Å². The Bertz CT molecular complexity index is 3510. The second-order valence-corrected chi connectivity index (χ2v) is 20.4. The molecule has 3 aliphatic rings. The van der Waals surface area contributed by atoms with Crippen LogP contribution in [0, 0.1) is 0 Å². The fraction of sp³-hybridized carbons (Fsp3) is 0.114. The van der Waals surface area contributed by atoms with E-state index < -0.39 is 0 Å². The van der Waals surface area contributed by atoms with Gasteiger partial charge in [0, 0.05) is 39.5 Å². The van der Waals surface area contributed by atoms with E-state index in [1.807, 2.05) is 0 Å². The van der Waals surface area contributed by atoms with Crippen molar-refractivity contribution in [2.75, 3.05) is 10.2 Å². The predicted molar refractivity (Wildman–Crippen MR) is 304 cm³/mol. The molecule has 0 spiro atoms. The summed E-state index contributed by atoms with van der Waals surface area (Å²) in [5.41, 5.74) is 22.1. The van der Waals surface area contributed by atoms with Gasteiger partial charge in [-0.25, -0.2) is 0 Å². The number of anilines is 4. The smallest absolute Gasteiger partial charge is 0.0551 e. The molecule has 0 saturated carbocycles. The first-order valence-electron chi connectivity index (χ1n) is 25.5. The molecular weight excluding hydrogens is 869 g/mol. The summed E-state index contributed by atoms with van der Waals surface area (Å²) in [4.78, 5) is 2.39. The molecule has 0 saturated heterocycles. The van der Waals surface area contributed by atoms with Crippen molar-refractivity contribution in [1.29, 1.82) is 0 Å². The van der Waals surface area contributed by atoms with Gasteiger partial charge in [0.15, 0.2) is 0 Å². The van der Waals surface area contributed by atoms with Crippen LogP contribution in [-0.2, 0) is 10.8 Å². The van der Waals surface area contributed by atoms with Gasteiger partial charge in [0.25, 0.3) is 0 Å². The van der Waals surface area contributed by atoms with E-state index in [0.717, 1.165) is 29.2 Å². The van der Waals surface area contributed by atoms with E-state index in [0.29, 0.717) is 0 Å². The third-order valence-corrected chi connectivity index (χ3v) is 15.5. The molecular formula is C70H58N2. The first kappa shape index (κ1) is 44.7. The average Bonchev–Trinajstić information content (AvgIpc) is 3.67. The van der Waals surface area contributed by atoms with Crippen LogP contribution in [0.4, 0.5) is 22.7 Å². The monoisotopic (exact) mass is 926 g/mol. The lowest BCUT2D eigenvalue weighted by atomic mass is 9.74. The van der Waals surface area contributed by atoms with Gasteiger partial charge in [0.1, 0.15) is 0 Å². The molecule has 12 rings (SSSR count). The molecule has 0 radical (unpaired) electrons.